The van der Waals surface area contributed by atoms with E-state index in [1.165, 1.54) is 23.9 Å². The van der Waals surface area contributed by atoms with Crippen LogP contribution in [0.4, 0.5) is 5.69 Å². The minimum Gasteiger partial charge on any atom is -0.497 e. The second kappa shape index (κ2) is 11.1. The number of carbonyl (C=O) groups excluding carboxylic acids is 1. The number of thioether (sulfide) groups is 1. The van der Waals surface area contributed by atoms with E-state index in [1.54, 1.807) is 24.1 Å². The van der Waals surface area contributed by atoms with Crippen molar-refractivity contribution in [1.29, 1.82) is 0 Å². The number of benzene rings is 3. The molecule has 190 valence electrons. The molecule has 0 bridgehead atoms. The summed E-state index contributed by atoms with van der Waals surface area (Å²) >= 11 is 4.82. The third-order valence-electron chi connectivity index (χ3n) is 5.87. The Kier molecular flexibility index (Phi) is 7.48. The van der Waals surface area contributed by atoms with Crippen LogP contribution in [0.2, 0.25) is 0 Å². The molecule has 0 radical (unpaired) electrons. The monoisotopic (exact) mass is 587 g/mol. The third-order valence-corrected chi connectivity index (χ3v) is 7.37. The fourth-order valence-corrected chi connectivity index (χ4v) is 5.31. The molecule has 38 heavy (non-hydrogen) atoms. The van der Waals surface area contributed by atoms with E-state index in [1.807, 2.05) is 77.5 Å². The van der Waals surface area contributed by atoms with Gasteiger partial charge in [0.2, 0.25) is 0 Å². The molecular formula is C29H22BrN3O4S. The summed E-state index contributed by atoms with van der Waals surface area (Å²) in [5, 5.41) is 9.75. The maximum atomic E-state index is 13.6. The van der Waals surface area contributed by atoms with Crippen LogP contribution in [0.3, 0.4) is 0 Å². The summed E-state index contributed by atoms with van der Waals surface area (Å²) in [6, 6.07) is 25.6. The molecule has 0 spiro atoms. The van der Waals surface area contributed by atoms with Crippen molar-refractivity contribution in [2.75, 3.05) is 7.11 Å². The lowest BCUT2D eigenvalue weighted by Crippen LogP contribution is -2.28. The fourth-order valence-electron chi connectivity index (χ4n) is 3.94. The summed E-state index contributed by atoms with van der Waals surface area (Å²) < 4.78 is 8.21. The average molecular weight is 588 g/mol. The smallest absolute Gasteiger partial charge is 0.335 e. The Bertz CT molecular complexity index is 1560. The Labute approximate surface area is 232 Å². The normalized spacial score (nSPS) is 15.4. The van der Waals surface area contributed by atoms with Gasteiger partial charge in [-0.1, -0.05) is 34.1 Å². The second-order valence-corrected chi connectivity index (χ2v) is 10.3. The zero-order valence-electron chi connectivity index (χ0n) is 20.2. The summed E-state index contributed by atoms with van der Waals surface area (Å²) in [5.74, 6) is -0.454. The van der Waals surface area contributed by atoms with Crippen LogP contribution < -0.4 is 4.74 Å². The molecule has 2 heterocycles. The fraction of sp³-hybridized carbons (Fsp3) is 0.0690. The molecule has 1 aromatic heterocycles. The predicted octanol–water partition coefficient (Wildman–Crippen LogP) is 6.75. The highest BCUT2D eigenvalue weighted by atomic mass is 79.9. The number of rotatable bonds is 7. The van der Waals surface area contributed by atoms with Crippen molar-refractivity contribution in [2.45, 2.75) is 6.54 Å². The highest BCUT2D eigenvalue weighted by Gasteiger charge is 2.34. The number of aromatic carboxylic acids is 1. The van der Waals surface area contributed by atoms with E-state index in [2.05, 4.69) is 15.9 Å². The zero-order valence-corrected chi connectivity index (χ0v) is 22.6. The number of halogens is 1. The lowest BCUT2D eigenvalue weighted by molar-refractivity contribution is -0.122. The lowest BCUT2D eigenvalue weighted by atomic mass is 10.1. The van der Waals surface area contributed by atoms with Crippen molar-refractivity contribution in [3.05, 3.63) is 117 Å². The van der Waals surface area contributed by atoms with Crippen molar-refractivity contribution in [2.24, 2.45) is 4.99 Å². The number of carbonyl (C=O) groups is 2. The molecule has 5 rings (SSSR count). The van der Waals surface area contributed by atoms with Crippen LogP contribution in [0.15, 0.2) is 105 Å². The van der Waals surface area contributed by atoms with Gasteiger partial charge in [-0.05, 0) is 90.1 Å². The average Bonchev–Trinajstić information content (AvgIpc) is 3.50. The van der Waals surface area contributed by atoms with Gasteiger partial charge in [0.1, 0.15) is 5.75 Å². The van der Waals surface area contributed by atoms with Crippen LogP contribution in [0.25, 0.3) is 11.8 Å². The first-order valence-corrected chi connectivity index (χ1v) is 13.2. The number of amides is 1. The van der Waals surface area contributed by atoms with E-state index in [-0.39, 0.29) is 18.0 Å². The highest BCUT2D eigenvalue weighted by Crippen LogP contribution is 2.36. The van der Waals surface area contributed by atoms with Crippen molar-refractivity contribution >= 4 is 56.5 Å². The predicted molar refractivity (Wildman–Crippen MR) is 153 cm³/mol. The second-order valence-electron chi connectivity index (χ2n) is 8.38. The lowest BCUT2D eigenvalue weighted by Gasteiger charge is -2.16. The molecular weight excluding hydrogens is 566 g/mol. The van der Waals surface area contributed by atoms with E-state index < -0.39 is 5.97 Å². The van der Waals surface area contributed by atoms with Gasteiger partial charge in [0.25, 0.3) is 5.91 Å². The van der Waals surface area contributed by atoms with Gasteiger partial charge in [-0.3, -0.25) is 9.69 Å². The minimum absolute atomic E-state index is 0.174. The molecule has 7 nitrogen and oxygen atoms in total. The standard InChI is InChI=1S/C29H22BrN3O4S/c1-37-25-13-11-22(12-14-25)31-29-33(18-19-7-9-20(10-8-19)28(35)36)27(34)26(38-29)17-24-6-3-15-32(24)23-5-2-4-21(30)16-23/h2-17H,18H2,1H3,(H,35,36)/b26-17-,31-29?. The van der Waals surface area contributed by atoms with Crippen molar-refractivity contribution in [3.63, 3.8) is 0 Å². The number of aromatic nitrogens is 1. The summed E-state index contributed by atoms with van der Waals surface area (Å²) in [6.07, 6.45) is 3.82. The van der Waals surface area contributed by atoms with Gasteiger partial charge in [0.15, 0.2) is 5.17 Å². The van der Waals surface area contributed by atoms with Crippen LogP contribution in [-0.4, -0.2) is 38.7 Å². The van der Waals surface area contributed by atoms with Gasteiger partial charge < -0.3 is 14.4 Å². The largest absolute Gasteiger partial charge is 0.497 e. The van der Waals surface area contributed by atoms with Gasteiger partial charge in [-0.15, -0.1) is 0 Å². The summed E-state index contributed by atoms with van der Waals surface area (Å²) in [4.78, 5) is 31.8. The van der Waals surface area contributed by atoms with E-state index >= 15 is 0 Å². The van der Waals surface area contributed by atoms with Crippen molar-refractivity contribution in [1.82, 2.24) is 9.47 Å². The van der Waals surface area contributed by atoms with Crippen LogP contribution in [0.5, 0.6) is 5.75 Å². The molecule has 1 amide bonds. The van der Waals surface area contributed by atoms with Crippen molar-refractivity contribution in [3.8, 4) is 11.4 Å². The van der Waals surface area contributed by atoms with Crippen LogP contribution in [0.1, 0.15) is 21.6 Å². The quantitative estimate of drug-likeness (QED) is 0.242. The van der Waals surface area contributed by atoms with Gasteiger partial charge in [0, 0.05) is 22.1 Å². The van der Waals surface area contributed by atoms with Crippen LogP contribution in [0, 0.1) is 0 Å². The van der Waals surface area contributed by atoms with Gasteiger partial charge >= 0.3 is 5.97 Å². The summed E-state index contributed by atoms with van der Waals surface area (Å²) in [6.45, 7) is 0.255. The molecule has 9 heteroatoms. The first-order valence-electron chi connectivity index (χ1n) is 11.6. The number of hydrogen-bond acceptors (Lipinski definition) is 5. The van der Waals surface area contributed by atoms with E-state index in [0.717, 1.165) is 21.4 Å². The van der Waals surface area contributed by atoms with Crippen molar-refractivity contribution < 1.29 is 19.4 Å². The summed E-state index contributed by atoms with van der Waals surface area (Å²) in [5.41, 5.74) is 3.50. The number of aliphatic imine (C=N–C) groups is 1. The number of ether oxygens (including phenoxy) is 1. The molecule has 1 aliphatic rings. The Balaban J connectivity index is 1.50. The number of nitrogens with zero attached hydrogens (tertiary/aromatic N) is 3. The molecule has 1 N–H and O–H groups in total. The Morgan fingerprint density at radius 2 is 1.82 bits per heavy atom. The third kappa shape index (κ3) is 5.58. The van der Waals surface area contributed by atoms with Gasteiger partial charge in [-0.25, -0.2) is 9.79 Å². The summed E-state index contributed by atoms with van der Waals surface area (Å²) in [7, 11) is 1.60. The molecule has 1 aliphatic heterocycles. The van der Waals surface area contributed by atoms with Gasteiger partial charge in [0.05, 0.1) is 29.8 Å². The number of methoxy groups -OCH3 is 1. The van der Waals surface area contributed by atoms with E-state index in [4.69, 9.17) is 9.73 Å². The topological polar surface area (TPSA) is 84.1 Å². The Morgan fingerprint density at radius 1 is 1.05 bits per heavy atom. The molecule has 3 aromatic carbocycles. The first-order chi connectivity index (χ1) is 18.4. The molecule has 0 saturated carbocycles. The molecule has 0 aliphatic carbocycles. The number of amidine groups is 1. The molecule has 4 aromatic rings. The van der Waals surface area contributed by atoms with Crippen LogP contribution >= 0.6 is 27.7 Å². The molecule has 1 fully saturated rings. The Morgan fingerprint density at radius 3 is 2.50 bits per heavy atom. The van der Waals surface area contributed by atoms with E-state index in [9.17, 15) is 14.7 Å². The first kappa shape index (κ1) is 25.6. The minimum atomic E-state index is -0.996. The maximum absolute atomic E-state index is 13.6. The molecule has 1 saturated heterocycles. The number of hydrogen-bond donors (Lipinski definition) is 1. The van der Waals surface area contributed by atoms with Gasteiger partial charge in [-0.2, -0.15) is 0 Å². The zero-order chi connectivity index (χ0) is 26.6. The van der Waals surface area contributed by atoms with Crippen LogP contribution in [-0.2, 0) is 11.3 Å². The Hall–Kier alpha value is -4.08. The highest BCUT2D eigenvalue weighted by molar-refractivity contribution is 9.10. The number of carboxylic acids is 1. The van der Waals surface area contributed by atoms with E-state index in [0.29, 0.717) is 21.5 Å². The molecule has 0 atom stereocenters. The SMILES string of the molecule is COc1ccc(N=C2S/C(=C\c3cccn3-c3cccc(Br)c3)C(=O)N2Cc2ccc(C(=O)O)cc2)cc1. The number of carboxylic acid groups (broad SMARTS) is 1. The maximum Gasteiger partial charge on any atom is 0.335 e. The molecule has 0 unspecified atom stereocenters.